The minimum absolute atomic E-state index is 0.196. The number of hydrogen-bond acceptors (Lipinski definition) is 2. The largest absolute Gasteiger partial charge is 0.573 e. The first kappa shape index (κ1) is 11.2. The first-order valence-electron chi connectivity index (χ1n) is 4.00. The van der Waals surface area contributed by atoms with Crippen LogP contribution in [0.1, 0.15) is 12.5 Å². The van der Waals surface area contributed by atoms with Crippen LogP contribution in [0, 0.1) is 0 Å². The molecule has 0 saturated carbocycles. The summed E-state index contributed by atoms with van der Waals surface area (Å²) in [5.41, 5.74) is 0.495. The molecule has 0 aliphatic carbocycles. The van der Waals surface area contributed by atoms with Gasteiger partial charge in [0.2, 0.25) is 0 Å². The van der Waals surface area contributed by atoms with Crippen molar-refractivity contribution in [2.45, 2.75) is 24.6 Å². The average Bonchev–Trinajstić information content (AvgIpc) is 2.06. The van der Waals surface area contributed by atoms with Gasteiger partial charge < -0.3 is 4.74 Å². The van der Waals surface area contributed by atoms with Gasteiger partial charge in [-0.05, 0) is 18.1 Å². The van der Waals surface area contributed by atoms with E-state index >= 15 is 0 Å². The van der Waals surface area contributed by atoms with Crippen LogP contribution in [0.4, 0.5) is 13.2 Å². The standard InChI is InChI=1S/C9H9F3OS/c1-2-6-4-3-5-7(14)8(6)13-9(10,11)12/h3-5,14H,2H2,1H3. The molecule has 0 radical (unpaired) electrons. The molecular weight excluding hydrogens is 213 g/mol. The van der Waals surface area contributed by atoms with Gasteiger partial charge in [0.25, 0.3) is 0 Å². The number of aryl methyl sites for hydroxylation is 1. The van der Waals surface area contributed by atoms with E-state index in [0.717, 1.165) is 0 Å². The smallest absolute Gasteiger partial charge is 0.404 e. The summed E-state index contributed by atoms with van der Waals surface area (Å²) in [4.78, 5) is 0.196. The maximum atomic E-state index is 12.0. The molecule has 0 bridgehead atoms. The third-order valence-corrected chi connectivity index (χ3v) is 2.03. The molecule has 0 spiro atoms. The van der Waals surface area contributed by atoms with E-state index < -0.39 is 6.36 Å². The van der Waals surface area contributed by atoms with Crippen LogP contribution < -0.4 is 4.74 Å². The van der Waals surface area contributed by atoms with Crippen molar-refractivity contribution in [1.82, 2.24) is 0 Å². The van der Waals surface area contributed by atoms with Gasteiger partial charge in [-0.1, -0.05) is 19.1 Å². The van der Waals surface area contributed by atoms with Crippen molar-refractivity contribution in [1.29, 1.82) is 0 Å². The highest BCUT2D eigenvalue weighted by Crippen LogP contribution is 2.32. The summed E-state index contributed by atoms with van der Waals surface area (Å²) in [5.74, 6) is -0.203. The molecular formula is C9H9F3OS. The predicted octanol–water partition coefficient (Wildman–Crippen LogP) is 3.44. The van der Waals surface area contributed by atoms with Crippen molar-refractivity contribution in [2.24, 2.45) is 0 Å². The maximum absolute atomic E-state index is 12.0. The second-order valence-electron chi connectivity index (χ2n) is 2.67. The first-order valence-corrected chi connectivity index (χ1v) is 4.45. The lowest BCUT2D eigenvalue weighted by atomic mass is 10.1. The highest BCUT2D eigenvalue weighted by Gasteiger charge is 2.32. The Hall–Kier alpha value is -0.840. The van der Waals surface area contributed by atoms with Crippen LogP contribution in [0.3, 0.4) is 0 Å². The number of para-hydroxylation sites is 1. The molecule has 0 aliphatic heterocycles. The van der Waals surface area contributed by atoms with Crippen LogP contribution in [0.25, 0.3) is 0 Å². The minimum atomic E-state index is -4.66. The molecule has 5 heteroatoms. The molecule has 0 amide bonds. The van der Waals surface area contributed by atoms with Gasteiger partial charge in [-0.25, -0.2) is 0 Å². The van der Waals surface area contributed by atoms with Crippen LogP contribution in [-0.2, 0) is 6.42 Å². The zero-order valence-electron chi connectivity index (χ0n) is 7.43. The fourth-order valence-electron chi connectivity index (χ4n) is 1.08. The minimum Gasteiger partial charge on any atom is -0.404 e. The highest BCUT2D eigenvalue weighted by atomic mass is 32.1. The predicted molar refractivity (Wildman–Crippen MR) is 49.8 cm³/mol. The second-order valence-corrected chi connectivity index (χ2v) is 3.15. The SMILES string of the molecule is CCc1cccc(S)c1OC(F)(F)F. The van der Waals surface area contributed by atoms with Gasteiger partial charge in [-0.15, -0.1) is 25.8 Å². The van der Waals surface area contributed by atoms with Crippen molar-refractivity contribution >= 4 is 12.6 Å². The summed E-state index contributed by atoms with van der Waals surface area (Å²) in [6.07, 6.45) is -4.19. The fourth-order valence-corrected chi connectivity index (χ4v) is 1.36. The Bertz CT molecular complexity index is 322. The Kier molecular flexibility index (Phi) is 3.31. The van der Waals surface area contributed by atoms with Crippen molar-refractivity contribution in [3.63, 3.8) is 0 Å². The summed E-state index contributed by atoms with van der Waals surface area (Å²) in [6, 6.07) is 4.69. The fraction of sp³-hybridized carbons (Fsp3) is 0.333. The number of halogens is 3. The van der Waals surface area contributed by atoms with Crippen molar-refractivity contribution in [3.8, 4) is 5.75 Å². The highest BCUT2D eigenvalue weighted by molar-refractivity contribution is 7.80. The summed E-state index contributed by atoms with van der Waals surface area (Å²) >= 11 is 3.91. The van der Waals surface area contributed by atoms with E-state index in [0.29, 0.717) is 12.0 Å². The topological polar surface area (TPSA) is 9.23 Å². The van der Waals surface area contributed by atoms with Crippen molar-refractivity contribution < 1.29 is 17.9 Å². The quantitative estimate of drug-likeness (QED) is 0.754. The lowest BCUT2D eigenvalue weighted by molar-refractivity contribution is -0.275. The normalized spacial score (nSPS) is 11.5. The van der Waals surface area contributed by atoms with E-state index in [9.17, 15) is 13.2 Å². The van der Waals surface area contributed by atoms with Gasteiger partial charge in [0.05, 0.1) is 0 Å². The second kappa shape index (κ2) is 4.13. The molecule has 1 aromatic carbocycles. The van der Waals surface area contributed by atoms with Gasteiger partial charge in [-0.2, -0.15) is 0 Å². The third kappa shape index (κ3) is 2.83. The molecule has 0 fully saturated rings. The third-order valence-electron chi connectivity index (χ3n) is 1.67. The van der Waals surface area contributed by atoms with E-state index in [1.807, 2.05) is 0 Å². The van der Waals surface area contributed by atoms with Crippen molar-refractivity contribution in [2.75, 3.05) is 0 Å². The number of thiol groups is 1. The lowest BCUT2D eigenvalue weighted by Crippen LogP contribution is -2.18. The van der Waals surface area contributed by atoms with Crippen LogP contribution in [0.15, 0.2) is 23.1 Å². The van der Waals surface area contributed by atoms with E-state index in [1.165, 1.54) is 6.07 Å². The molecule has 1 aromatic rings. The maximum Gasteiger partial charge on any atom is 0.573 e. The summed E-state index contributed by atoms with van der Waals surface area (Å²) < 4.78 is 39.8. The number of hydrogen-bond donors (Lipinski definition) is 1. The molecule has 78 valence electrons. The Labute approximate surface area is 85.3 Å². The van der Waals surface area contributed by atoms with Gasteiger partial charge in [-0.3, -0.25) is 0 Å². The molecule has 14 heavy (non-hydrogen) atoms. The number of benzene rings is 1. The summed E-state index contributed by atoms with van der Waals surface area (Å²) in [7, 11) is 0. The van der Waals surface area contributed by atoms with Crippen LogP contribution >= 0.6 is 12.6 Å². The van der Waals surface area contributed by atoms with Gasteiger partial charge in [0.1, 0.15) is 5.75 Å². The molecule has 1 rings (SSSR count). The summed E-state index contributed by atoms with van der Waals surface area (Å²) in [6.45, 7) is 1.76. The van der Waals surface area contributed by atoms with Crippen molar-refractivity contribution in [3.05, 3.63) is 23.8 Å². The summed E-state index contributed by atoms with van der Waals surface area (Å²) in [5, 5.41) is 0. The van der Waals surface area contributed by atoms with E-state index in [1.54, 1.807) is 19.1 Å². The molecule has 0 N–H and O–H groups in total. The number of alkyl halides is 3. The Morgan fingerprint density at radius 1 is 1.36 bits per heavy atom. The number of rotatable bonds is 2. The molecule has 0 unspecified atom stereocenters. The van der Waals surface area contributed by atoms with E-state index in [2.05, 4.69) is 17.4 Å². The monoisotopic (exact) mass is 222 g/mol. The van der Waals surface area contributed by atoms with Gasteiger partial charge in [0, 0.05) is 4.90 Å². The van der Waals surface area contributed by atoms with E-state index in [4.69, 9.17) is 0 Å². The lowest BCUT2D eigenvalue weighted by Gasteiger charge is -2.13. The molecule has 1 nitrogen and oxygen atoms in total. The Balaban J connectivity index is 3.05. The molecule has 0 aliphatic rings. The first-order chi connectivity index (χ1) is 6.44. The number of ether oxygens (including phenoxy) is 1. The van der Waals surface area contributed by atoms with Crippen LogP contribution in [0.2, 0.25) is 0 Å². The van der Waals surface area contributed by atoms with Gasteiger partial charge >= 0.3 is 6.36 Å². The van der Waals surface area contributed by atoms with Gasteiger partial charge in [0.15, 0.2) is 0 Å². The van der Waals surface area contributed by atoms with Crippen LogP contribution in [-0.4, -0.2) is 6.36 Å². The van der Waals surface area contributed by atoms with E-state index in [-0.39, 0.29) is 10.6 Å². The van der Waals surface area contributed by atoms with Crippen LogP contribution in [0.5, 0.6) is 5.75 Å². The molecule has 0 aromatic heterocycles. The molecule has 0 heterocycles. The zero-order valence-corrected chi connectivity index (χ0v) is 8.32. The zero-order chi connectivity index (χ0) is 10.8. The molecule has 0 atom stereocenters. The molecule has 0 saturated heterocycles. The Morgan fingerprint density at radius 2 is 2.00 bits per heavy atom. The average molecular weight is 222 g/mol. The Morgan fingerprint density at radius 3 is 2.50 bits per heavy atom.